The molecule has 1 spiro atoms. The molecule has 5 rings (SSSR count). The molecule has 2 unspecified atom stereocenters. The number of nitrogens with two attached hydrogens (primary N) is 1. The molecule has 2 fully saturated rings. The normalized spacial score (nSPS) is 27.7. The average Bonchev–Trinajstić information content (AvgIpc) is 3.15. The van der Waals surface area contributed by atoms with Crippen molar-refractivity contribution in [2.45, 2.75) is 56.4 Å². The highest BCUT2D eigenvalue weighted by Crippen LogP contribution is 2.41. The van der Waals surface area contributed by atoms with E-state index in [1.807, 2.05) is 0 Å². The predicted molar refractivity (Wildman–Crippen MR) is 109 cm³/mol. The zero-order valence-electron chi connectivity index (χ0n) is 16.0. The minimum absolute atomic E-state index is 0.276. The van der Waals surface area contributed by atoms with Crippen molar-refractivity contribution in [3.63, 3.8) is 0 Å². The molecule has 5 heteroatoms. The number of piperidine rings is 1. The van der Waals surface area contributed by atoms with Gasteiger partial charge in [0.25, 0.3) is 0 Å². The Kier molecular flexibility index (Phi) is 4.27. The molecule has 0 radical (unpaired) electrons. The zero-order valence-corrected chi connectivity index (χ0v) is 16.0. The van der Waals surface area contributed by atoms with E-state index in [0.29, 0.717) is 11.9 Å². The number of rotatable bonds is 2. The van der Waals surface area contributed by atoms with Gasteiger partial charge in [0.15, 0.2) is 0 Å². The van der Waals surface area contributed by atoms with Crippen molar-refractivity contribution in [3.8, 4) is 0 Å². The van der Waals surface area contributed by atoms with Gasteiger partial charge in [-0.3, -0.25) is 0 Å². The van der Waals surface area contributed by atoms with Crippen LogP contribution in [0.3, 0.4) is 0 Å². The van der Waals surface area contributed by atoms with Crippen LogP contribution in [0, 0.1) is 0 Å². The van der Waals surface area contributed by atoms with Gasteiger partial charge in [-0.15, -0.1) is 0 Å². The Balaban J connectivity index is 1.54. The number of nitrogen functional groups attached to an aromatic ring is 1. The molecule has 1 aromatic carbocycles. The summed E-state index contributed by atoms with van der Waals surface area (Å²) in [7, 11) is 0. The topological polar surface area (TPSA) is 67.1 Å². The molecule has 3 heterocycles. The second kappa shape index (κ2) is 6.79. The van der Waals surface area contributed by atoms with Crippen LogP contribution < -0.4 is 16.0 Å². The third kappa shape index (κ3) is 3.08. The highest BCUT2D eigenvalue weighted by Gasteiger charge is 2.39. The van der Waals surface area contributed by atoms with Crippen molar-refractivity contribution in [1.29, 1.82) is 0 Å². The van der Waals surface area contributed by atoms with E-state index in [0.717, 1.165) is 44.0 Å². The van der Waals surface area contributed by atoms with Crippen LogP contribution in [-0.2, 0) is 6.42 Å². The van der Waals surface area contributed by atoms with Gasteiger partial charge in [0.2, 0.25) is 5.95 Å². The van der Waals surface area contributed by atoms with E-state index in [-0.39, 0.29) is 5.54 Å². The van der Waals surface area contributed by atoms with Gasteiger partial charge in [-0.2, -0.15) is 4.98 Å². The molecule has 5 nitrogen and oxygen atoms in total. The molecule has 27 heavy (non-hydrogen) atoms. The van der Waals surface area contributed by atoms with Gasteiger partial charge in [-0.1, -0.05) is 30.3 Å². The van der Waals surface area contributed by atoms with Gasteiger partial charge in [-0.25, -0.2) is 4.98 Å². The van der Waals surface area contributed by atoms with Crippen LogP contribution in [0.15, 0.2) is 30.3 Å². The molecule has 0 saturated carbocycles. The fraction of sp³-hybridized carbons (Fsp3) is 0.545. The lowest BCUT2D eigenvalue weighted by Crippen LogP contribution is -2.54. The number of benzene rings is 1. The van der Waals surface area contributed by atoms with Crippen molar-refractivity contribution >= 4 is 11.8 Å². The summed E-state index contributed by atoms with van der Waals surface area (Å²) in [6.45, 7) is 3.27. The summed E-state index contributed by atoms with van der Waals surface area (Å²) in [6, 6.07) is 10.8. The van der Waals surface area contributed by atoms with Gasteiger partial charge in [0.1, 0.15) is 5.82 Å². The van der Waals surface area contributed by atoms with Gasteiger partial charge >= 0.3 is 0 Å². The van der Waals surface area contributed by atoms with Crippen molar-refractivity contribution in [2.24, 2.45) is 0 Å². The van der Waals surface area contributed by atoms with Crippen LogP contribution in [0.4, 0.5) is 11.8 Å². The Labute approximate surface area is 161 Å². The molecule has 2 aliphatic heterocycles. The Morgan fingerprint density at radius 1 is 1.07 bits per heavy atom. The van der Waals surface area contributed by atoms with Crippen LogP contribution >= 0.6 is 0 Å². The van der Waals surface area contributed by atoms with Crippen LogP contribution in [-0.4, -0.2) is 35.1 Å². The van der Waals surface area contributed by atoms with Crippen LogP contribution in [0.2, 0.25) is 0 Å². The third-order valence-corrected chi connectivity index (χ3v) is 6.69. The zero-order chi connectivity index (χ0) is 18.3. The standard InChI is InChI=1S/C22H29N5/c23-21-25-19-17(16-7-2-1-3-8-16)9-4-10-18(19)20(26-21)27-14-6-12-22(15-27)11-5-13-24-22/h1-3,7-8,17,24H,4-6,9-15H2,(H2,23,25,26). The van der Waals surface area contributed by atoms with Crippen molar-refractivity contribution in [2.75, 3.05) is 30.3 Å². The third-order valence-electron chi connectivity index (χ3n) is 6.69. The molecular weight excluding hydrogens is 334 g/mol. The number of hydrogen-bond donors (Lipinski definition) is 2. The van der Waals surface area contributed by atoms with E-state index in [4.69, 9.17) is 15.7 Å². The van der Waals surface area contributed by atoms with Gasteiger partial charge < -0.3 is 16.0 Å². The van der Waals surface area contributed by atoms with Crippen LogP contribution in [0.25, 0.3) is 0 Å². The van der Waals surface area contributed by atoms with E-state index >= 15 is 0 Å². The molecule has 3 aliphatic rings. The lowest BCUT2D eigenvalue weighted by molar-refractivity contribution is 0.307. The van der Waals surface area contributed by atoms with Crippen LogP contribution in [0.1, 0.15) is 61.3 Å². The maximum absolute atomic E-state index is 6.21. The van der Waals surface area contributed by atoms with Crippen molar-refractivity contribution < 1.29 is 0 Å². The monoisotopic (exact) mass is 363 g/mol. The first kappa shape index (κ1) is 17.0. The summed E-state index contributed by atoms with van der Waals surface area (Å²) in [5.74, 6) is 1.86. The molecule has 2 atom stereocenters. The summed E-state index contributed by atoms with van der Waals surface area (Å²) < 4.78 is 0. The Morgan fingerprint density at radius 3 is 2.74 bits per heavy atom. The Bertz CT molecular complexity index is 813. The second-order valence-electron chi connectivity index (χ2n) is 8.46. The summed E-state index contributed by atoms with van der Waals surface area (Å²) in [6.07, 6.45) is 8.44. The molecule has 2 saturated heterocycles. The maximum Gasteiger partial charge on any atom is 0.222 e. The van der Waals surface area contributed by atoms with Gasteiger partial charge in [0.05, 0.1) is 5.69 Å². The smallest absolute Gasteiger partial charge is 0.222 e. The minimum atomic E-state index is 0.276. The predicted octanol–water partition coefficient (Wildman–Crippen LogP) is 3.25. The van der Waals surface area contributed by atoms with Gasteiger partial charge in [-0.05, 0) is 57.1 Å². The van der Waals surface area contributed by atoms with E-state index in [9.17, 15) is 0 Å². The Morgan fingerprint density at radius 2 is 1.93 bits per heavy atom. The van der Waals surface area contributed by atoms with E-state index in [2.05, 4.69) is 40.5 Å². The first-order valence-electron chi connectivity index (χ1n) is 10.5. The minimum Gasteiger partial charge on any atom is -0.368 e. The molecule has 1 aromatic heterocycles. The summed E-state index contributed by atoms with van der Waals surface area (Å²) in [5.41, 5.74) is 10.3. The number of hydrogen-bond acceptors (Lipinski definition) is 5. The number of nitrogens with zero attached hydrogens (tertiary/aromatic N) is 3. The lowest BCUT2D eigenvalue weighted by atomic mass is 9.81. The average molecular weight is 364 g/mol. The summed E-state index contributed by atoms with van der Waals surface area (Å²) in [5, 5.41) is 3.78. The number of fused-ring (bicyclic) bond motifs is 1. The van der Waals surface area contributed by atoms with E-state index in [1.54, 1.807) is 0 Å². The van der Waals surface area contributed by atoms with Crippen molar-refractivity contribution in [1.82, 2.24) is 15.3 Å². The number of aromatic nitrogens is 2. The van der Waals surface area contributed by atoms with Gasteiger partial charge in [0, 0.05) is 30.1 Å². The molecule has 2 aromatic rings. The number of nitrogens with one attached hydrogen (secondary N) is 1. The fourth-order valence-electron chi connectivity index (χ4n) is 5.46. The highest BCUT2D eigenvalue weighted by atomic mass is 15.3. The first-order valence-corrected chi connectivity index (χ1v) is 10.5. The fourth-order valence-corrected chi connectivity index (χ4v) is 5.46. The van der Waals surface area contributed by atoms with Crippen molar-refractivity contribution in [3.05, 3.63) is 47.2 Å². The molecule has 142 valence electrons. The highest BCUT2D eigenvalue weighted by molar-refractivity contribution is 5.56. The SMILES string of the molecule is Nc1nc2c(c(N3CCCC4(CCCN4)C3)n1)CCCC2c1ccccc1. The largest absolute Gasteiger partial charge is 0.368 e. The maximum atomic E-state index is 6.21. The number of anilines is 2. The molecule has 0 amide bonds. The quantitative estimate of drug-likeness (QED) is 0.857. The summed E-state index contributed by atoms with van der Waals surface area (Å²) >= 11 is 0. The molecule has 0 bridgehead atoms. The molecular formula is C22H29N5. The lowest BCUT2D eigenvalue weighted by Gasteiger charge is -2.42. The first-order chi connectivity index (χ1) is 13.2. The summed E-state index contributed by atoms with van der Waals surface area (Å²) in [4.78, 5) is 12.0. The van der Waals surface area contributed by atoms with E-state index in [1.165, 1.54) is 43.2 Å². The molecule has 1 aliphatic carbocycles. The Hall–Kier alpha value is -2.14. The van der Waals surface area contributed by atoms with Crippen LogP contribution in [0.5, 0.6) is 0 Å². The van der Waals surface area contributed by atoms with E-state index < -0.39 is 0 Å². The second-order valence-corrected chi connectivity index (χ2v) is 8.46. The molecule has 3 N–H and O–H groups in total.